The normalized spacial score (nSPS) is 23.4. The molecule has 8 nitrogen and oxygen atoms in total. The summed E-state index contributed by atoms with van der Waals surface area (Å²) in [6.07, 6.45) is 8.73. The third-order valence-electron chi connectivity index (χ3n) is 8.11. The number of aliphatic carboxylic acids is 1. The number of halogens is 2. The topological polar surface area (TPSA) is 105 Å². The number of carboxylic acid groups (broad SMARTS) is 1. The number of hydrogen-bond donors (Lipinski definition) is 1. The summed E-state index contributed by atoms with van der Waals surface area (Å²) < 4.78 is 1.84. The Morgan fingerprint density at radius 2 is 1.68 bits per heavy atom. The van der Waals surface area contributed by atoms with Crippen LogP contribution in [0.4, 0.5) is 0 Å². The molecule has 2 aliphatic carbocycles. The molecule has 4 rings (SSSR count). The standard InChI is InChI=1S/C27H34Cl2N4O4/c1-16-19(11-31-33(16)18-5-7-27(4,8-6-18)25(36)37)24(35)32(14-17-9-26(2,3)10-17)15-22(34)23-20(28)12-30-13-21(23)29/h11-13,17-18H,5-10,14-15H2,1-4H3,(H,36,37)/t18-,27-. The molecule has 0 radical (unpaired) electrons. The van der Waals surface area contributed by atoms with E-state index in [4.69, 9.17) is 23.2 Å². The minimum Gasteiger partial charge on any atom is -0.481 e. The third-order valence-corrected chi connectivity index (χ3v) is 8.68. The fraction of sp³-hybridized carbons (Fsp3) is 0.593. The smallest absolute Gasteiger partial charge is 0.309 e. The monoisotopic (exact) mass is 548 g/mol. The fourth-order valence-corrected chi connectivity index (χ4v) is 6.54. The first-order valence-electron chi connectivity index (χ1n) is 12.7. The summed E-state index contributed by atoms with van der Waals surface area (Å²) in [4.78, 5) is 44.2. The van der Waals surface area contributed by atoms with Crippen molar-refractivity contribution in [1.29, 1.82) is 0 Å². The van der Waals surface area contributed by atoms with Crippen LogP contribution in [-0.4, -0.2) is 55.5 Å². The highest BCUT2D eigenvalue weighted by atomic mass is 35.5. The third kappa shape index (κ3) is 5.70. The van der Waals surface area contributed by atoms with Crippen LogP contribution in [0.1, 0.15) is 91.7 Å². The van der Waals surface area contributed by atoms with Gasteiger partial charge in [0, 0.05) is 24.6 Å². The summed E-state index contributed by atoms with van der Waals surface area (Å²) in [7, 11) is 0. The summed E-state index contributed by atoms with van der Waals surface area (Å²) in [6.45, 7) is 8.35. The Hall–Kier alpha value is -2.45. The quantitative estimate of drug-likeness (QED) is 0.414. The lowest BCUT2D eigenvalue weighted by atomic mass is 9.64. The lowest BCUT2D eigenvalue weighted by molar-refractivity contribution is -0.150. The molecule has 0 aliphatic heterocycles. The van der Waals surface area contributed by atoms with E-state index in [0.29, 0.717) is 43.7 Å². The second-order valence-corrected chi connectivity index (χ2v) is 12.5. The van der Waals surface area contributed by atoms with Crippen LogP contribution in [0.3, 0.4) is 0 Å². The zero-order valence-corrected chi connectivity index (χ0v) is 23.3. The molecule has 2 saturated carbocycles. The van der Waals surface area contributed by atoms with Crippen molar-refractivity contribution in [3.63, 3.8) is 0 Å². The van der Waals surface area contributed by atoms with E-state index in [1.807, 2.05) is 11.6 Å². The van der Waals surface area contributed by atoms with Crippen molar-refractivity contribution < 1.29 is 19.5 Å². The van der Waals surface area contributed by atoms with E-state index in [9.17, 15) is 19.5 Å². The maximum Gasteiger partial charge on any atom is 0.309 e. The number of hydrogen-bond acceptors (Lipinski definition) is 5. The van der Waals surface area contributed by atoms with Gasteiger partial charge in [0.1, 0.15) is 0 Å². The molecule has 0 bridgehead atoms. The Morgan fingerprint density at radius 3 is 2.22 bits per heavy atom. The average Bonchev–Trinajstić information content (AvgIpc) is 3.18. The summed E-state index contributed by atoms with van der Waals surface area (Å²) in [5.74, 6) is -1.06. The van der Waals surface area contributed by atoms with Crippen LogP contribution in [0, 0.1) is 23.7 Å². The molecule has 1 amide bonds. The van der Waals surface area contributed by atoms with Gasteiger partial charge in [-0.05, 0) is 63.7 Å². The van der Waals surface area contributed by atoms with Gasteiger partial charge in [-0.1, -0.05) is 37.0 Å². The molecule has 37 heavy (non-hydrogen) atoms. The first-order chi connectivity index (χ1) is 17.3. The van der Waals surface area contributed by atoms with Crippen LogP contribution in [0.15, 0.2) is 18.6 Å². The van der Waals surface area contributed by atoms with Crippen molar-refractivity contribution >= 4 is 40.9 Å². The highest BCUT2D eigenvalue weighted by Gasteiger charge is 2.40. The molecule has 0 atom stereocenters. The molecule has 2 aromatic rings. The van der Waals surface area contributed by atoms with Crippen molar-refractivity contribution in [1.82, 2.24) is 19.7 Å². The molecule has 2 aliphatic rings. The van der Waals surface area contributed by atoms with Gasteiger partial charge in [0.25, 0.3) is 5.91 Å². The molecule has 2 fully saturated rings. The average molecular weight is 549 g/mol. The molecule has 1 N–H and O–H groups in total. The number of rotatable bonds is 8. The highest BCUT2D eigenvalue weighted by molar-refractivity contribution is 6.39. The molecule has 0 unspecified atom stereocenters. The van der Waals surface area contributed by atoms with E-state index in [0.717, 1.165) is 18.5 Å². The van der Waals surface area contributed by atoms with Crippen molar-refractivity contribution in [3.8, 4) is 0 Å². The van der Waals surface area contributed by atoms with Crippen molar-refractivity contribution in [2.75, 3.05) is 13.1 Å². The molecule has 2 aromatic heterocycles. The number of carbonyl (C=O) groups is 3. The molecular weight excluding hydrogens is 515 g/mol. The van der Waals surface area contributed by atoms with Gasteiger partial charge in [0.2, 0.25) is 0 Å². The van der Waals surface area contributed by atoms with Crippen LogP contribution < -0.4 is 0 Å². The van der Waals surface area contributed by atoms with E-state index in [1.54, 1.807) is 18.0 Å². The summed E-state index contributed by atoms with van der Waals surface area (Å²) in [5.41, 5.74) is 0.846. The minimum atomic E-state index is -0.770. The number of amides is 1. The number of nitrogens with zero attached hydrogens (tertiary/aromatic N) is 4. The fourth-order valence-electron chi connectivity index (χ4n) is 5.96. The van der Waals surface area contributed by atoms with Gasteiger partial charge in [0.15, 0.2) is 5.78 Å². The molecular formula is C27H34Cl2N4O4. The Balaban J connectivity index is 1.55. The predicted octanol–water partition coefficient (Wildman–Crippen LogP) is 5.86. The van der Waals surface area contributed by atoms with Crippen molar-refractivity contribution in [2.45, 2.75) is 72.3 Å². The first kappa shape index (κ1) is 27.6. The van der Waals surface area contributed by atoms with Gasteiger partial charge < -0.3 is 10.0 Å². The number of carbonyl (C=O) groups excluding carboxylic acids is 2. The summed E-state index contributed by atoms with van der Waals surface area (Å²) in [5, 5.41) is 14.4. The maximum atomic E-state index is 13.8. The Bertz CT molecular complexity index is 1190. The Kier molecular flexibility index (Phi) is 7.73. The van der Waals surface area contributed by atoms with Crippen LogP contribution in [-0.2, 0) is 4.79 Å². The number of aromatic nitrogens is 3. The summed E-state index contributed by atoms with van der Waals surface area (Å²) in [6, 6.07) is 0.0333. The second kappa shape index (κ2) is 10.4. The predicted molar refractivity (Wildman–Crippen MR) is 141 cm³/mol. The van der Waals surface area contributed by atoms with Gasteiger partial charge in [-0.25, -0.2) is 0 Å². The Morgan fingerprint density at radius 1 is 1.08 bits per heavy atom. The molecule has 10 heteroatoms. The summed E-state index contributed by atoms with van der Waals surface area (Å²) >= 11 is 12.4. The van der Waals surface area contributed by atoms with Crippen LogP contribution in [0.2, 0.25) is 10.0 Å². The van der Waals surface area contributed by atoms with Gasteiger partial charge in [0.05, 0.1) is 45.4 Å². The van der Waals surface area contributed by atoms with Crippen LogP contribution in [0.25, 0.3) is 0 Å². The SMILES string of the molecule is Cc1c(C(=O)N(CC(=O)c2c(Cl)cncc2Cl)CC2CC(C)(C)C2)cnn1[C@H]1CC[C@](C)(C(=O)O)CC1. The molecule has 2 heterocycles. The van der Waals surface area contributed by atoms with E-state index in [-0.39, 0.29) is 45.3 Å². The molecule has 0 saturated heterocycles. The second-order valence-electron chi connectivity index (χ2n) is 11.7. The largest absolute Gasteiger partial charge is 0.481 e. The molecule has 0 aromatic carbocycles. The number of pyridine rings is 1. The van der Waals surface area contributed by atoms with Crippen LogP contribution >= 0.6 is 23.2 Å². The molecule has 200 valence electrons. The Labute approximate surface area is 227 Å². The van der Waals surface area contributed by atoms with Gasteiger partial charge >= 0.3 is 5.97 Å². The number of carboxylic acids is 1. The number of ketones is 1. The zero-order chi connectivity index (χ0) is 27.1. The van der Waals surface area contributed by atoms with Crippen molar-refractivity contribution in [2.24, 2.45) is 16.7 Å². The highest BCUT2D eigenvalue weighted by Crippen LogP contribution is 2.45. The van der Waals surface area contributed by atoms with Gasteiger partial charge in [-0.3, -0.25) is 24.0 Å². The van der Waals surface area contributed by atoms with Gasteiger partial charge in [-0.2, -0.15) is 5.10 Å². The maximum absolute atomic E-state index is 13.8. The zero-order valence-electron chi connectivity index (χ0n) is 21.8. The van der Waals surface area contributed by atoms with E-state index in [1.165, 1.54) is 12.4 Å². The first-order valence-corrected chi connectivity index (χ1v) is 13.5. The van der Waals surface area contributed by atoms with E-state index < -0.39 is 11.4 Å². The lowest BCUT2D eigenvalue weighted by Crippen LogP contribution is -2.44. The van der Waals surface area contributed by atoms with E-state index >= 15 is 0 Å². The van der Waals surface area contributed by atoms with Gasteiger partial charge in [-0.15, -0.1) is 0 Å². The number of Topliss-reactive ketones (excluding diaryl/α,β-unsaturated/α-hetero) is 1. The van der Waals surface area contributed by atoms with Crippen LogP contribution in [0.5, 0.6) is 0 Å². The lowest BCUT2D eigenvalue weighted by Gasteiger charge is -2.44. The van der Waals surface area contributed by atoms with E-state index in [2.05, 4.69) is 23.9 Å². The minimum absolute atomic E-state index is 0.0333. The molecule has 0 spiro atoms. The van der Waals surface area contributed by atoms with Crippen molar-refractivity contribution in [3.05, 3.63) is 45.5 Å².